The van der Waals surface area contributed by atoms with Gasteiger partial charge in [-0.1, -0.05) is 28.1 Å². The summed E-state index contributed by atoms with van der Waals surface area (Å²) in [5.74, 6) is 0. The van der Waals surface area contributed by atoms with Gasteiger partial charge in [0, 0.05) is 11.0 Å². The minimum absolute atomic E-state index is 0.992. The van der Waals surface area contributed by atoms with E-state index in [1.165, 1.54) is 11.3 Å². The lowest BCUT2D eigenvalue weighted by molar-refractivity contribution is 0.616. The topological polar surface area (TPSA) is 29.9 Å². The van der Waals surface area contributed by atoms with Gasteiger partial charge in [0.05, 0.1) is 18.2 Å². The Hall–Kier alpha value is -1.13. The molecule has 0 bridgehead atoms. The normalized spacial score (nSPS) is 10.7. The molecule has 1 aromatic carbocycles. The number of nitrogens with one attached hydrogen (secondary N) is 1. The molecule has 1 N–H and O–H groups in total. The highest BCUT2D eigenvalue weighted by Gasteiger charge is 2.04. The van der Waals surface area contributed by atoms with Crippen molar-refractivity contribution in [1.82, 2.24) is 14.9 Å². The second-order valence-electron chi connectivity index (χ2n) is 3.94. The Bertz CT molecular complexity index is 462. The molecule has 2 aromatic rings. The molecule has 0 saturated heterocycles. The summed E-state index contributed by atoms with van der Waals surface area (Å²) in [4.78, 5) is 4.23. The molecule has 2 rings (SSSR count). The number of nitrogens with zero attached hydrogens (tertiary/aromatic N) is 2. The zero-order valence-electron chi connectivity index (χ0n) is 9.86. The smallest absolute Gasteiger partial charge is 0.0950 e. The Morgan fingerprint density at radius 2 is 2.06 bits per heavy atom. The fraction of sp³-hybridized carbons (Fsp3) is 0.308. The minimum atomic E-state index is 0.992. The van der Waals surface area contributed by atoms with E-state index in [2.05, 4.69) is 55.1 Å². The number of hydrogen-bond donors (Lipinski definition) is 1. The molecule has 0 aliphatic rings. The molecule has 0 aliphatic heterocycles. The molecule has 90 valence electrons. The van der Waals surface area contributed by atoms with Crippen LogP contribution in [0.5, 0.6) is 0 Å². The quantitative estimate of drug-likeness (QED) is 0.859. The van der Waals surface area contributed by atoms with Crippen molar-refractivity contribution in [3.05, 3.63) is 41.3 Å². The average molecular weight is 294 g/mol. The van der Waals surface area contributed by atoms with Crippen LogP contribution in [0.15, 0.2) is 41.3 Å². The van der Waals surface area contributed by atoms with Gasteiger partial charge in [-0.05, 0) is 37.7 Å². The second kappa shape index (κ2) is 5.98. The summed E-state index contributed by atoms with van der Waals surface area (Å²) in [5, 5.41) is 3.16. The number of benzene rings is 1. The molecule has 0 spiro atoms. The predicted molar refractivity (Wildman–Crippen MR) is 73.9 cm³/mol. The summed E-state index contributed by atoms with van der Waals surface area (Å²) in [7, 11) is 1.98. The molecule has 0 unspecified atom stereocenters. The monoisotopic (exact) mass is 293 g/mol. The van der Waals surface area contributed by atoms with Crippen molar-refractivity contribution in [3.8, 4) is 11.3 Å². The Morgan fingerprint density at radius 3 is 2.76 bits per heavy atom. The van der Waals surface area contributed by atoms with Gasteiger partial charge in [0.2, 0.25) is 0 Å². The molecule has 0 amide bonds. The number of aryl methyl sites for hydroxylation is 1. The third kappa shape index (κ3) is 3.17. The lowest BCUT2D eigenvalue weighted by Crippen LogP contribution is -2.11. The summed E-state index contributed by atoms with van der Waals surface area (Å²) in [6.07, 6.45) is 4.92. The SMILES string of the molecule is CNCCCn1cncc1-c1ccc(Br)cc1. The van der Waals surface area contributed by atoms with E-state index in [-0.39, 0.29) is 0 Å². The van der Waals surface area contributed by atoms with Gasteiger partial charge in [0.25, 0.3) is 0 Å². The van der Waals surface area contributed by atoms with Crippen molar-refractivity contribution in [2.45, 2.75) is 13.0 Å². The Morgan fingerprint density at radius 1 is 1.29 bits per heavy atom. The number of rotatable bonds is 5. The van der Waals surface area contributed by atoms with Gasteiger partial charge >= 0.3 is 0 Å². The Balaban J connectivity index is 2.15. The third-order valence-electron chi connectivity index (χ3n) is 2.68. The van der Waals surface area contributed by atoms with Crippen LogP contribution in [0.25, 0.3) is 11.3 Å². The number of halogens is 1. The summed E-state index contributed by atoms with van der Waals surface area (Å²) < 4.78 is 3.29. The molecule has 0 saturated carbocycles. The predicted octanol–water partition coefficient (Wildman–Crippen LogP) is 2.92. The van der Waals surface area contributed by atoms with Crippen LogP contribution in [-0.2, 0) is 6.54 Å². The molecular formula is C13H16BrN3. The first-order valence-corrected chi connectivity index (χ1v) is 6.51. The highest BCUT2D eigenvalue weighted by Crippen LogP contribution is 2.21. The number of imidazole rings is 1. The van der Waals surface area contributed by atoms with Gasteiger partial charge in [-0.25, -0.2) is 4.98 Å². The van der Waals surface area contributed by atoms with Crippen LogP contribution in [0.3, 0.4) is 0 Å². The first kappa shape index (κ1) is 12.3. The van der Waals surface area contributed by atoms with E-state index in [4.69, 9.17) is 0 Å². The highest BCUT2D eigenvalue weighted by molar-refractivity contribution is 9.10. The van der Waals surface area contributed by atoms with E-state index in [1.807, 2.05) is 19.6 Å². The lowest BCUT2D eigenvalue weighted by Gasteiger charge is -2.08. The van der Waals surface area contributed by atoms with Crippen molar-refractivity contribution in [2.24, 2.45) is 0 Å². The summed E-state index contributed by atoms with van der Waals surface area (Å²) in [6, 6.07) is 8.33. The molecule has 1 heterocycles. The van der Waals surface area contributed by atoms with Crippen molar-refractivity contribution in [2.75, 3.05) is 13.6 Å². The van der Waals surface area contributed by atoms with Crippen LogP contribution in [0.1, 0.15) is 6.42 Å². The molecule has 3 nitrogen and oxygen atoms in total. The summed E-state index contributed by atoms with van der Waals surface area (Å²) >= 11 is 3.45. The molecule has 0 atom stereocenters. The molecule has 17 heavy (non-hydrogen) atoms. The maximum atomic E-state index is 4.23. The zero-order valence-corrected chi connectivity index (χ0v) is 11.4. The van der Waals surface area contributed by atoms with Crippen LogP contribution >= 0.6 is 15.9 Å². The minimum Gasteiger partial charge on any atom is -0.331 e. The van der Waals surface area contributed by atoms with E-state index < -0.39 is 0 Å². The van der Waals surface area contributed by atoms with E-state index in [1.54, 1.807) is 0 Å². The van der Waals surface area contributed by atoms with Gasteiger partial charge in [-0.15, -0.1) is 0 Å². The molecule has 1 aromatic heterocycles. The van der Waals surface area contributed by atoms with Crippen LogP contribution in [-0.4, -0.2) is 23.1 Å². The van der Waals surface area contributed by atoms with E-state index >= 15 is 0 Å². The second-order valence-corrected chi connectivity index (χ2v) is 4.85. The van der Waals surface area contributed by atoms with Gasteiger partial charge < -0.3 is 9.88 Å². The van der Waals surface area contributed by atoms with Crippen molar-refractivity contribution in [1.29, 1.82) is 0 Å². The Kier molecular flexibility index (Phi) is 4.34. The summed E-state index contributed by atoms with van der Waals surface area (Å²) in [6.45, 7) is 2.02. The maximum absolute atomic E-state index is 4.23. The lowest BCUT2D eigenvalue weighted by atomic mass is 10.2. The van der Waals surface area contributed by atoms with Gasteiger partial charge in [-0.2, -0.15) is 0 Å². The van der Waals surface area contributed by atoms with E-state index in [0.29, 0.717) is 0 Å². The highest BCUT2D eigenvalue weighted by atomic mass is 79.9. The largest absolute Gasteiger partial charge is 0.331 e. The molecule has 4 heteroatoms. The van der Waals surface area contributed by atoms with E-state index in [0.717, 1.165) is 24.0 Å². The first-order valence-electron chi connectivity index (χ1n) is 5.72. The standard InChI is InChI=1S/C13H16BrN3/c1-15-7-2-8-17-10-16-9-13(17)11-3-5-12(14)6-4-11/h3-6,9-10,15H,2,7-8H2,1H3. The molecular weight excluding hydrogens is 278 g/mol. The van der Waals surface area contributed by atoms with Crippen molar-refractivity contribution >= 4 is 15.9 Å². The van der Waals surface area contributed by atoms with Crippen LogP contribution in [0, 0.1) is 0 Å². The molecule has 0 aliphatic carbocycles. The Labute approximate surface area is 110 Å². The fourth-order valence-corrected chi connectivity index (χ4v) is 2.05. The van der Waals surface area contributed by atoms with Gasteiger partial charge in [0.15, 0.2) is 0 Å². The van der Waals surface area contributed by atoms with Gasteiger partial charge in [-0.3, -0.25) is 0 Å². The van der Waals surface area contributed by atoms with Crippen molar-refractivity contribution in [3.63, 3.8) is 0 Å². The van der Waals surface area contributed by atoms with E-state index in [9.17, 15) is 0 Å². The third-order valence-corrected chi connectivity index (χ3v) is 3.21. The zero-order chi connectivity index (χ0) is 12.1. The van der Waals surface area contributed by atoms with Crippen LogP contribution in [0.2, 0.25) is 0 Å². The maximum Gasteiger partial charge on any atom is 0.0950 e. The van der Waals surface area contributed by atoms with Crippen LogP contribution in [0.4, 0.5) is 0 Å². The number of aromatic nitrogens is 2. The molecule has 0 fully saturated rings. The first-order chi connectivity index (χ1) is 8.31. The van der Waals surface area contributed by atoms with Crippen molar-refractivity contribution < 1.29 is 0 Å². The van der Waals surface area contributed by atoms with Gasteiger partial charge in [0.1, 0.15) is 0 Å². The van der Waals surface area contributed by atoms with Crippen LogP contribution < -0.4 is 5.32 Å². The summed E-state index contributed by atoms with van der Waals surface area (Å²) in [5.41, 5.74) is 2.38. The number of hydrogen-bond acceptors (Lipinski definition) is 2. The molecule has 0 radical (unpaired) electrons. The fourth-order valence-electron chi connectivity index (χ4n) is 1.79. The average Bonchev–Trinajstić information content (AvgIpc) is 2.79.